The quantitative estimate of drug-likeness (QED) is 0.496. The van der Waals surface area contributed by atoms with Gasteiger partial charge in [0.1, 0.15) is 0 Å². The van der Waals surface area contributed by atoms with E-state index in [1.807, 2.05) is 22.8 Å². The van der Waals surface area contributed by atoms with Crippen LogP contribution in [0.2, 0.25) is 0 Å². The van der Waals surface area contributed by atoms with Crippen LogP contribution in [0.25, 0.3) is 21.9 Å². The maximum atomic E-state index is 9.41. The summed E-state index contributed by atoms with van der Waals surface area (Å²) in [5, 5.41) is 12.6. The molecule has 0 aliphatic carbocycles. The fourth-order valence-electron chi connectivity index (χ4n) is 2.76. The molecule has 2 heterocycles. The summed E-state index contributed by atoms with van der Waals surface area (Å²) in [7, 11) is 0. The summed E-state index contributed by atoms with van der Waals surface area (Å²) < 4.78 is 1.93. The number of rotatable bonds is 4. The summed E-state index contributed by atoms with van der Waals surface area (Å²) in [6, 6.07) is 14.5. The third-order valence-corrected chi connectivity index (χ3v) is 4.96. The van der Waals surface area contributed by atoms with E-state index in [0.717, 1.165) is 10.1 Å². The van der Waals surface area contributed by atoms with Crippen LogP contribution in [0, 0.1) is 0 Å². The Morgan fingerprint density at radius 3 is 2.83 bits per heavy atom. The molecule has 24 heavy (non-hydrogen) atoms. The van der Waals surface area contributed by atoms with Gasteiger partial charge in [-0.05, 0) is 28.6 Å². The first-order valence-electron chi connectivity index (χ1n) is 7.56. The second-order valence-electron chi connectivity index (χ2n) is 5.34. The molecule has 0 spiro atoms. The lowest BCUT2D eigenvalue weighted by molar-refractivity contribution is -0.711. The second kappa shape index (κ2) is 6.10. The van der Waals surface area contributed by atoms with Crippen molar-refractivity contribution in [2.75, 3.05) is 12.3 Å². The van der Waals surface area contributed by atoms with E-state index in [-0.39, 0.29) is 6.61 Å². The number of imidazole rings is 1. The first-order chi connectivity index (χ1) is 11.8. The van der Waals surface area contributed by atoms with Gasteiger partial charge in [-0.25, -0.2) is 4.57 Å². The number of hydrogen-bond donors (Lipinski definition) is 3. The minimum atomic E-state index is 0.0185. The molecule has 4 rings (SSSR count). The van der Waals surface area contributed by atoms with Gasteiger partial charge in [-0.15, -0.1) is 0 Å². The van der Waals surface area contributed by atoms with Crippen LogP contribution in [-0.2, 0) is 6.54 Å². The van der Waals surface area contributed by atoms with Crippen molar-refractivity contribution in [2.24, 2.45) is 0 Å². The Bertz CT molecular complexity index is 1020. The van der Waals surface area contributed by atoms with E-state index in [0.29, 0.717) is 23.5 Å². The van der Waals surface area contributed by atoms with Crippen molar-refractivity contribution in [3.8, 4) is 0 Å². The van der Waals surface area contributed by atoms with Crippen molar-refractivity contribution in [1.82, 2.24) is 15.0 Å². The number of anilines is 1. The van der Waals surface area contributed by atoms with Crippen LogP contribution in [-0.4, -0.2) is 26.7 Å². The molecule has 4 N–H and O–H groups in total. The topological polar surface area (TPSA) is 91.7 Å². The van der Waals surface area contributed by atoms with Crippen LogP contribution in [0.5, 0.6) is 0 Å². The molecule has 0 radical (unpaired) electrons. The third kappa shape index (κ3) is 2.47. The smallest absolute Gasteiger partial charge is 0.308 e. The van der Waals surface area contributed by atoms with Crippen molar-refractivity contribution >= 4 is 39.5 Å². The van der Waals surface area contributed by atoms with Crippen LogP contribution >= 0.6 is 11.8 Å². The Labute approximate surface area is 142 Å². The number of H-pyrrole nitrogens is 1. The zero-order chi connectivity index (χ0) is 16.5. The van der Waals surface area contributed by atoms with Crippen molar-refractivity contribution in [2.45, 2.75) is 16.6 Å². The molecule has 0 unspecified atom stereocenters. The molecule has 4 aromatic rings. The highest BCUT2D eigenvalue weighted by Crippen LogP contribution is 2.32. The minimum absolute atomic E-state index is 0.0185. The molecule has 120 valence electrons. The molecule has 0 bridgehead atoms. The number of aliphatic hydroxyl groups excluding tert-OH is 1. The van der Waals surface area contributed by atoms with Gasteiger partial charge in [0, 0.05) is 4.90 Å². The fraction of sp³-hybridized carbons (Fsp3) is 0.118. The van der Waals surface area contributed by atoms with Gasteiger partial charge in [-0.1, -0.05) is 41.4 Å². The molecule has 0 fully saturated rings. The maximum absolute atomic E-state index is 9.41. The normalized spacial score (nSPS) is 11.4. The van der Waals surface area contributed by atoms with Crippen LogP contribution in [0.15, 0.2) is 58.8 Å². The number of nitrogen functional groups attached to an aromatic ring is 1. The summed E-state index contributed by atoms with van der Waals surface area (Å²) in [6.45, 7) is 0.453. The SMILES string of the molecule is Nc1ncnc2c1[nH]c(Sc1cccc3ccccc13)[n+]2CCO. The predicted molar refractivity (Wildman–Crippen MR) is 93.7 cm³/mol. The number of hydrogen-bond acceptors (Lipinski definition) is 5. The van der Waals surface area contributed by atoms with Gasteiger partial charge in [0.2, 0.25) is 5.52 Å². The van der Waals surface area contributed by atoms with E-state index in [9.17, 15) is 5.11 Å². The molecule has 0 atom stereocenters. The predicted octanol–water partition coefficient (Wildman–Crippen LogP) is 2.12. The van der Waals surface area contributed by atoms with Crippen LogP contribution in [0.3, 0.4) is 0 Å². The van der Waals surface area contributed by atoms with E-state index in [1.54, 1.807) is 11.8 Å². The van der Waals surface area contributed by atoms with E-state index in [2.05, 4.69) is 39.2 Å². The zero-order valence-corrected chi connectivity index (χ0v) is 13.6. The lowest BCUT2D eigenvalue weighted by Crippen LogP contribution is -2.37. The Hall–Kier alpha value is -2.64. The van der Waals surface area contributed by atoms with Crippen molar-refractivity contribution < 1.29 is 9.67 Å². The fourth-order valence-corrected chi connectivity index (χ4v) is 3.85. The number of fused-ring (bicyclic) bond motifs is 2. The van der Waals surface area contributed by atoms with E-state index >= 15 is 0 Å². The van der Waals surface area contributed by atoms with Gasteiger partial charge in [-0.2, -0.15) is 4.98 Å². The van der Waals surface area contributed by atoms with Gasteiger partial charge in [-0.3, -0.25) is 4.98 Å². The Balaban J connectivity index is 1.87. The number of aromatic amines is 1. The summed E-state index contributed by atoms with van der Waals surface area (Å²) in [6.07, 6.45) is 1.44. The van der Waals surface area contributed by atoms with Gasteiger partial charge in [0.05, 0.1) is 13.2 Å². The van der Waals surface area contributed by atoms with Crippen LogP contribution in [0.1, 0.15) is 0 Å². The lowest BCUT2D eigenvalue weighted by atomic mass is 10.1. The summed E-state index contributed by atoms with van der Waals surface area (Å²) in [5.41, 5.74) is 7.33. The van der Waals surface area contributed by atoms with Gasteiger partial charge in [0.25, 0.3) is 5.16 Å². The van der Waals surface area contributed by atoms with Crippen molar-refractivity contribution in [1.29, 1.82) is 0 Å². The molecule has 2 aromatic heterocycles. The third-order valence-electron chi connectivity index (χ3n) is 3.87. The highest BCUT2D eigenvalue weighted by atomic mass is 32.2. The van der Waals surface area contributed by atoms with Gasteiger partial charge < -0.3 is 10.8 Å². The zero-order valence-electron chi connectivity index (χ0n) is 12.8. The molecule has 6 nitrogen and oxygen atoms in total. The Morgan fingerprint density at radius 1 is 1.12 bits per heavy atom. The summed E-state index contributed by atoms with van der Waals surface area (Å²) in [5.74, 6) is 0.399. The van der Waals surface area contributed by atoms with Gasteiger partial charge in [0.15, 0.2) is 12.1 Å². The average molecular weight is 338 g/mol. The number of nitrogens with one attached hydrogen (secondary N) is 1. The number of aliphatic hydroxyl groups is 1. The molecular formula is C17H16N5OS+. The first kappa shape index (κ1) is 14.9. The molecule has 0 saturated carbocycles. The second-order valence-corrected chi connectivity index (χ2v) is 6.37. The molecule has 0 amide bonds. The van der Waals surface area contributed by atoms with Crippen molar-refractivity contribution in [3.63, 3.8) is 0 Å². The summed E-state index contributed by atoms with van der Waals surface area (Å²) >= 11 is 1.59. The lowest BCUT2D eigenvalue weighted by Gasteiger charge is -2.05. The largest absolute Gasteiger partial charge is 0.393 e. The molecule has 0 saturated heterocycles. The number of nitrogens with zero attached hydrogens (tertiary/aromatic N) is 3. The first-order valence-corrected chi connectivity index (χ1v) is 8.38. The molecule has 2 aromatic carbocycles. The van der Waals surface area contributed by atoms with Crippen LogP contribution < -0.4 is 10.3 Å². The summed E-state index contributed by atoms with van der Waals surface area (Å²) in [4.78, 5) is 12.7. The van der Waals surface area contributed by atoms with Crippen LogP contribution in [0.4, 0.5) is 5.82 Å². The number of benzene rings is 2. The van der Waals surface area contributed by atoms with Crippen molar-refractivity contribution in [3.05, 3.63) is 48.8 Å². The van der Waals surface area contributed by atoms with E-state index in [4.69, 9.17) is 5.73 Å². The molecule has 0 aliphatic rings. The highest BCUT2D eigenvalue weighted by Gasteiger charge is 2.22. The Kier molecular flexibility index (Phi) is 3.79. The minimum Gasteiger partial charge on any atom is -0.393 e. The highest BCUT2D eigenvalue weighted by molar-refractivity contribution is 7.99. The maximum Gasteiger partial charge on any atom is 0.308 e. The number of nitrogens with two attached hydrogens (primary N) is 1. The number of aromatic nitrogens is 4. The molecular weight excluding hydrogens is 322 g/mol. The van der Waals surface area contributed by atoms with E-state index < -0.39 is 0 Å². The Morgan fingerprint density at radius 2 is 1.96 bits per heavy atom. The molecule has 7 heteroatoms. The molecule has 0 aliphatic heterocycles. The van der Waals surface area contributed by atoms with E-state index in [1.165, 1.54) is 17.1 Å². The average Bonchev–Trinajstić information content (AvgIpc) is 2.95. The standard InChI is InChI=1S/C17H15N5OS/c18-15-14-16(20-10-19-15)22(8-9-23)17(21-14)24-13-7-3-5-11-4-1-2-6-12(11)13/h1-7,10,23H,8-9H2,(H2,18,19,20)/p+1. The van der Waals surface area contributed by atoms with Gasteiger partial charge >= 0.3 is 5.65 Å². The monoisotopic (exact) mass is 338 g/mol.